The molecule has 1 rings (SSSR count). The van der Waals surface area contributed by atoms with Gasteiger partial charge >= 0.3 is 0 Å². The van der Waals surface area contributed by atoms with Crippen molar-refractivity contribution < 1.29 is 0 Å². The zero-order valence-corrected chi connectivity index (χ0v) is 9.71. The van der Waals surface area contributed by atoms with Crippen molar-refractivity contribution in [2.45, 2.75) is 64.5 Å². The fourth-order valence-electron chi connectivity index (χ4n) is 2.84. The van der Waals surface area contributed by atoms with Gasteiger partial charge in [-0.05, 0) is 37.5 Å². The molecule has 0 aliphatic heterocycles. The highest BCUT2D eigenvalue weighted by atomic mass is 14.7. The van der Waals surface area contributed by atoms with E-state index in [-0.39, 0.29) is 0 Å². The maximum Gasteiger partial charge on any atom is 0.00709 e. The van der Waals surface area contributed by atoms with E-state index in [0.717, 1.165) is 12.8 Å². The van der Waals surface area contributed by atoms with E-state index in [2.05, 4.69) is 13.8 Å². The third-order valence-corrected chi connectivity index (χ3v) is 3.68. The predicted molar refractivity (Wildman–Crippen MR) is 62.0 cm³/mol. The minimum Gasteiger partial charge on any atom is -0.327 e. The average Bonchev–Trinajstić information content (AvgIpc) is 2.14. The first-order valence-corrected chi connectivity index (χ1v) is 6.20. The number of hydrogen-bond acceptors (Lipinski definition) is 2. The molecule has 0 saturated heterocycles. The first kappa shape index (κ1) is 12.0. The van der Waals surface area contributed by atoms with Crippen molar-refractivity contribution >= 4 is 0 Å². The van der Waals surface area contributed by atoms with Crippen molar-refractivity contribution in [2.24, 2.45) is 23.3 Å². The minimum atomic E-state index is 0.409. The Morgan fingerprint density at radius 3 is 1.50 bits per heavy atom. The Morgan fingerprint density at radius 2 is 1.21 bits per heavy atom. The Kier molecular flexibility index (Phi) is 4.90. The van der Waals surface area contributed by atoms with Crippen LogP contribution in [0.2, 0.25) is 0 Å². The second kappa shape index (κ2) is 5.72. The molecule has 14 heavy (non-hydrogen) atoms. The molecule has 0 spiro atoms. The summed E-state index contributed by atoms with van der Waals surface area (Å²) in [5.74, 6) is 1.37. The van der Waals surface area contributed by atoms with Crippen LogP contribution in [0.15, 0.2) is 0 Å². The molecule has 4 unspecified atom stereocenters. The molecule has 2 heteroatoms. The summed E-state index contributed by atoms with van der Waals surface area (Å²) in [5, 5.41) is 0. The summed E-state index contributed by atoms with van der Waals surface area (Å²) in [4.78, 5) is 0. The topological polar surface area (TPSA) is 52.0 Å². The van der Waals surface area contributed by atoms with E-state index >= 15 is 0 Å². The van der Waals surface area contributed by atoms with Gasteiger partial charge in [-0.25, -0.2) is 0 Å². The molecule has 0 heterocycles. The maximum absolute atomic E-state index is 6.19. The maximum atomic E-state index is 6.19. The molecule has 0 aromatic heterocycles. The summed E-state index contributed by atoms with van der Waals surface area (Å²) >= 11 is 0. The summed E-state index contributed by atoms with van der Waals surface area (Å²) in [6, 6.07) is 0.817. The van der Waals surface area contributed by atoms with Crippen LogP contribution >= 0.6 is 0 Å². The molecule has 1 fully saturated rings. The summed E-state index contributed by atoms with van der Waals surface area (Å²) in [7, 11) is 0. The van der Waals surface area contributed by atoms with Crippen LogP contribution in [0.1, 0.15) is 52.4 Å². The highest BCUT2D eigenvalue weighted by Crippen LogP contribution is 2.32. The Bertz CT molecular complexity index is 140. The van der Waals surface area contributed by atoms with Crippen LogP contribution in [-0.4, -0.2) is 12.1 Å². The van der Waals surface area contributed by atoms with Crippen molar-refractivity contribution in [3.05, 3.63) is 0 Å². The molecule has 84 valence electrons. The van der Waals surface area contributed by atoms with E-state index in [4.69, 9.17) is 11.5 Å². The number of hydrogen-bond donors (Lipinski definition) is 2. The van der Waals surface area contributed by atoms with Crippen LogP contribution in [0.3, 0.4) is 0 Å². The zero-order chi connectivity index (χ0) is 10.6. The normalized spacial score (nSPS) is 38.6. The molecule has 1 aliphatic carbocycles. The fourth-order valence-corrected chi connectivity index (χ4v) is 2.84. The minimum absolute atomic E-state index is 0.409. The van der Waals surface area contributed by atoms with Crippen LogP contribution in [-0.2, 0) is 0 Å². The summed E-state index contributed by atoms with van der Waals surface area (Å²) in [6.07, 6.45) is 7.30. The van der Waals surface area contributed by atoms with Gasteiger partial charge < -0.3 is 11.5 Å². The lowest BCUT2D eigenvalue weighted by atomic mass is 9.73. The Balaban J connectivity index is 2.44. The molecule has 0 radical (unpaired) electrons. The lowest BCUT2D eigenvalue weighted by Gasteiger charge is -2.38. The Hall–Kier alpha value is -0.0800. The highest BCUT2D eigenvalue weighted by molar-refractivity contribution is 4.89. The van der Waals surface area contributed by atoms with Crippen LogP contribution in [0, 0.1) is 11.8 Å². The fraction of sp³-hybridized carbons (Fsp3) is 1.00. The van der Waals surface area contributed by atoms with Gasteiger partial charge in [-0.2, -0.15) is 0 Å². The zero-order valence-electron chi connectivity index (χ0n) is 9.71. The molecule has 4 N–H and O–H groups in total. The van der Waals surface area contributed by atoms with E-state index in [1.807, 2.05) is 0 Å². The van der Waals surface area contributed by atoms with Gasteiger partial charge in [0.15, 0.2) is 0 Å². The first-order chi connectivity index (χ1) is 6.69. The van der Waals surface area contributed by atoms with Crippen LogP contribution in [0.25, 0.3) is 0 Å². The van der Waals surface area contributed by atoms with Crippen LogP contribution in [0.4, 0.5) is 0 Å². The molecule has 1 aliphatic rings. The Labute approximate surface area is 88.4 Å². The third kappa shape index (κ3) is 2.96. The molecule has 0 bridgehead atoms. The summed E-state index contributed by atoms with van der Waals surface area (Å²) in [6.45, 7) is 4.47. The van der Waals surface area contributed by atoms with Crippen molar-refractivity contribution in [1.82, 2.24) is 0 Å². The van der Waals surface area contributed by atoms with E-state index in [9.17, 15) is 0 Å². The Morgan fingerprint density at radius 1 is 0.857 bits per heavy atom. The van der Waals surface area contributed by atoms with Gasteiger partial charge in [-0.3, -0.25) is 0 Å². The second-order valence-electron chi connectivity index (χ2n) is 4.90. The lowest BCUT2D eigenvalue weighted by molar-refractivity contribution is 0.187. The average molecular weight is 198 g/mol. The van der Waals surface area contributed by atoms with Crippen molar-refractivity contribution in [3.8, 4) is 0 Å². The monoisotopic (exact) mass is 198 g/mol. The van der Waals surface area contributed by atoms with Gasteiger partial charge in [0.25, 0.3) is 0 Å². The van der Waals surface area contributed by atoms with Crippen LogP contribution < -0.4 is 11.5 Å². The lowest BCUT2D eigenvalue weighted by Crippen LogP contribution is -2.46. The van der Waals surface area contributed by atoms with Crippen molar-refractivity contribution in [2.75, 3.05) is 0 Å². The quantitative estimate of drug-likeness (QED) is 0.728. The highest BCUT2D eigenvalue weighted by Gasteiger charge is 2.32. The third-order valence-electron chi connectivity index (χ3n) is 3.68. The van der Waals surface area contributed by atoms with Gasteiger partial charge in [0, 0.05) is 12.1 Å². The number of nitrogens with two attached hydrogens (primary N) is 2. The number of rotatable bonds is 4. The van der Waals surface area contributed by atoms with Gasteiger partial charge in [0.1, 0.15) is 0 Å². The van der Waals surface area contributed by atoms with Crippen molar-refractivity contribution in [1.29, 1.82) is 0 Å². The van der Waals surface area contributed by atoms with Crippen molar-refractivity contribution in [3.63, 3.8) is 0 Å². The predicted octanol–water partition coefficient (Wildman–Crippen LogP) is 2.27. The molecule has 4 atom stereocenters. The second-order valence-corrected chi connectivity index (χ2v) is 4.90. The molecular formula is C12H26N2. The standard InChI is InChI=1S/C12H26N2/c1-3-5-9-7-12(14)10(6-4-2)8-11(9)13/h9-12H,3-8,13-14H2,1-2H3. The molecular weight excluding hydrogens is 172 g/mol. The SMILES string of the molecule is CCCC1CC(N)C(CCC)CC1N. The van der Waals surface area contributed by atoms with E-state index in [0.29, 0.717) is 23.9 Å². The van der Waals surface area contributed by atoms with Crippen LogP contribution in [0.5, 0.6) is 0 Å². The van der Waals surface area contributed by atoms with E-state index in [1.54, 1.807) is 0 Å². The first-order valence-electron chi connectivity index (χ1n) is 6.20. The molecule has 0 aromatic carbocycles. The van der Waals surface area contributed by atoms with Gasteiger partial charge in [0.2, 0.25) is 0 Å². The molecule has 1 saturated carbocycles. The van der Waals surface area contributed by atoms with Gasteiger partial charge in [-0.15, -0.1) is 0 Å². The molecule has 0 aromatic rings. The molecule has 0 amide bonds. The summed E-state index contributed by atoms with van der Waals surface area (Å²) < 4.78 is 0. The molecule has 2 nitrogen and oxygen atoms in total. The van der Waals surface area contributed by atoms with Gasteiger partial charge in [-0.1, -0.05) is 26.7 Å². The van der Waals surface area contributed by atoms with E-state index in [1.165, 1.54) is 25.7 Å². The van der Waals surface area contributed by atoms with E-state index < -0.39 is 0 Å². The summed E-state index contributed by atoms with van der Waals surface area (Å²) in [5.41, 5.74) is 12.4. The smallest absolute Gasteiger partial charge is 0.00709 e. The van der Waals surface area contributed by atoms with Gasteiger partial charge in [0.05, 0.1) is 0 Å². The largest absolute Gasteiger partial charge is 0.327 e.